The molecule has 0 aromatic heterocycles. The van der Waals surface area contributed by atoms with Crippen LogP contribution >= 0.6 is 0 Å². The highest BCUT2D eigenvalue weighted by Gasteiger charge is 2.20. The van der Waals surface area contributed by atoms with Gasteiger partial charge in [-0.25, -0.2) is 4.79 Å². The summed E-state index contributed by atoms with van der Waals surface area (Å²) in [7, 11) is 3.59. The van der Waals surface area contributed by atoms with Crippen LogP contribution in [-0.2, 0) is 4.79 Å². The lowest BCUT2D eigenvalue weighted by molar-refractivity contribution is -0.879. The minimum Gasteiger partial charge on any atom is -0.507 e. The van der Waals surface area contributed by atoms with Gasteiger partial charge in [0, 0.05) is 0 Å². The van der Waals surface area contributed by atoms with Crippen molar-refractivity contribution < 1.29 is 19.5 Å². The maximum Gasteiger partial charge on any atom is 0.359 e. The zero-order valence-corrected chi connectivity index (χ0v) is 10.6. The second-order valence-corrected chi connectivity index (χ2v) is 4.84. The van der Waals surface area contributed by atoms with E-state index in [-0.39, 0.29) is 11.0 Å². The van der Waals surface area contributed by atoms with Crippen LogP contribution in [0.1, 0.15) is 32.6 Å². The van der Waals surface area contributed by atoms with Gasteiger partial charge < -0.3 is 14.7 Å². The molecule has 0 bridgehead atoms. The number of nitrogens with zero attached hydrogens (tertiary/aromatic N) is 1. The number of carbonyl (C=O) groups is 1. The Labute approximate surface area is 97.8 Å². The lowest BCUT2D eigenvalue weighted by Gasteiger charge is -2.27. The van der Waals surface area contributed by atoms with Gasteiger partial charge >= 0.3 is 5.97 Å². The number of aliphatic carboxylic acids is 1. The first kappa shape index (κ1) is 15.0. The van der Waals surface area contributed by atoms with Crippen molar-refractivity contribution in [3.8, 4) is 0 Å². The third kappa shape index (κ3) is 8.29. The molecular weight excluding hydrogens is 206 g/mol. The van der Waals surface area contributed by atoms with Gasteiger partial charge in [-0.2, -0.15) is 0 Å². The first-order valence-corrected chi connectivity index (χ1v) is 5.79. The van der Waals surface area contributed by atoms with E-state index in [0.717, 1.165) is 25.7 Å². The molecule has 0 radical (unpaired) electrons. The van der Waals surface area contributed by atoms with Crippen molar-refractivity contribution in [2.24, 2.45) is 0 Å². The zero-order chi connectivity index (χ0) is 12.6. The van der Waals surface area contributed by atoms with Gasteiger partial charge in [-0.3, -0.25) is 0 Å². The molecule has 16 heavy (non-hydrogen) atoms. The second-order valence-electron chi connectivity index (χ2n) is 4.84. The molecule has 94 valence electrons. The van der Waals surface area contributed by atoms with E-state index < -0.39 is 5.97 Å². The number of hydrogen-bond acceptors (Lipinski definition) is 2. The molecule has 4 heteroatoms. The van der Waals surface area contributed by atoms with Crippen molar-refractivity contribution in [2.45, 2.75) is 32.6 Å². The minimum atomic E-state index is -0.844. The molecule has 0 saturated heterocycles. The fourth-order valence-corrected chi connectivity index (χ4v) is 1.59. The molecule has 0 unspecified atom stereocenters. The van der Waals surface area contributed by atoms with Crippen molar-refractivity contribution in [3.63, 3.8) is 0 Å². The average molecular weight is 230 g/mol. The molecule has 0 heterocycles. The average Bonchev–Trinajstić information content (AvgIpc) is 2.09. The maximum absolute atomic E-state index is 10.6. The molecule has 0 aromatic rings. The topological polar surface area (TPSA) is 57.5 Å². The Kier molecular flexibility index (Phi) is 6.81. The Morgan fingerprint density at radius 3 is 2.31 bits per heavy atom. The van der Waals surface area contributed by atoms with Crippen LogP contribution < -0.4 is 0 Å². The quantitative estimate of drug-likeness (QED) is 0.382. The molecule has 4 nitrogen and oxygen atoms in total. The van der Waals surface area contributed by atoms with E-state index in [2.05, 4.69) is 6.92 Å². The van der Waals surface area contributed by atoms with Crippen molar-refractivity contribution >= 4 is 5.97 Å². The van der Waals surface area contributed by atoms with Crippen molar-refractivity contribution in [1.29, 1.82) is 0 Å². The summed E-state index contributed by atoms with van der Waals surface area (Å²) < 4.78 is 0.269. The molecule has 0 aliphatic carbocycles. The van der Waals surface area contributed by atoms with Crippen LogP contribution in [0.3, 0.4) is 0 Å². The lowest BCUT2D eigenvalue weighted by atomic mass is 10.2. The van der Waals surface area contributed by atoms with Gasteiger partial charge in [0.15, 0.2) is 6.54 Å². The predicted octanol–water partition coefficient (Wildman–Crippen LogP) is 2.17. The summed E-state index contributed by atoms with van der Waals surface area (Å²) in [5.74, 6) is -0.550. The summed E-state index contributed by atoms with van der Waals surface area (Å²) in [4.78, 5) is 10.6. The van der Waals surface area contributed by atoms with Gasteiger partial charge in [0.25, 0.3) is 0 Å². The number of unbranched alkanes of at least 4 members (excludes halogenated alkanes) is 3. The zero-order valence-electron chi connectivity index (χ0n) is 10.6. The van der Waals surface area contributed by atoms with E-state index in [1.807, 2.05) is 0 Å². The maximum atomic E-state index is 10.6. The minimum absolute atomic E-state index is 0.0207. The monoisotopic (exact) mass is 230 g/mol. The van der Waals surface area contributed by atoms with Crippen LogP contribution in [0.15, 0.2) is 11.8 Å². The van der Waals surface area contributed by atoms with Gasteiger partial charge in [0.2, 0.25) is 0 Å². The molecule has 0 aliphatic heterocycles. The van der Waals surface area contributed by atoms with E-state index in [9.17, 15) is 9.90 Å². The molecular formula is C12H24NO3+. The molecule has 2 N–H and O–H groups in total. The molecule has 0 spiro atoms. The molecule has 0 rings (SSSR count). The smallest absolute Gasteiger partial charge is 0.359 e. The van der Waals surface area contributed by atoms with E-state index in [1.54, 1.807) is 20.2 Å². The Bertz CT molecular complexity index is 247. The Morgan fingerprint density at radius 1 is 1.19 bits per heavy atom. The number of allylic oxidation sites excluding steroid dienone is 1. The molecule has 0 saturated carbocycles. The van der Waals surface area contributed by atoms with Crippen molar-refractivity contribution in [1.82, 2.24) is 0 Å². The summed E-state index contributed by atoms with van der Waals surface area (Å²) >= 11 is 0. The normalized spacial score (nSPS) is 12.8. The first-order valence-electron chi connectivity index (χ1n) is 5.79. The van der Waals surface area contributed by atoms with Crippen LogP contribution in [0.25, 0.3) is 0 Å². The fourth-order valence-electron chi connectivity index (χ4n) is 1.59. The number of carboxylic acid groups (broad SMARTS) is 1. The summed E-state index contributed by atoms with van der Waals surface area (Å²) in [6.07, 6.45) is 6.07. The van der Waals surface area contributed by atoms with Gasteiger partial charge in [0.1, 0.15) is 12.3 Å². The van der Waals surface area contributed by atoms with E-state index in [4.69, 9.17) is 5.11 Å². The second kappa shape index (κ2) is 7.28. The summed E-state index contributed by atoms with van der Waals surface area (Å²) in [6, 6.07) is 0. The molecule has 0 fully saturated rings. The Balaban J connectivity index is 4.00. The number of likely N-dealkylation sites (N-methyl/N-ethyl adjacent to an activating group) is 1. The van der Waals surface area contributed by atoms with Gasteiger partial charge in [0.05, 0.1) is 14.1 Å². The molecule has 0 amide bonds. The van der Waals surface area contributed by atoms with Crippen LogP contribution in [0.5, 0.6) is 0 Å². The fraction of sp³-hybridized carbons (Fsp3) is 0.750. The number of hydrogen-bond donors (Lipinski definition) is 2. The Hall–Kier alpha value is -1.03. The number of quaternary nitrogens is 1. The highest BCUT2D eigenvalue weighted by atomic mass is 16.4. The Morgan fingerprint density at radius 2 is 1.81 bits per heavy atom. The largest absolute Gasteiger partial charge is 0.507 e. The lowest BCUT2D eigenvalue weighted by Crippen LogP contribution is -2.45. The van der Waals surface area contributed by atoms with E-state index in [0.29, 0.717) is 12.3 Å². The number of aliphatic hydroxyl groups excluding tert-OH is 1. The number of carboxylic acids is 1. The van der Waals surface area contributed by atoms with Crippen molar-refractivity contribution in [3.05, 3.63) is 11.8 Å². The third-order valence-electron chi connectivity index (χ3n) is 2.34. The highest BCUT2D eigenvalue weighted by Crippen LogP contribution is 2.06. The van der Waals surface area contributed by atoms with Crippen LogP contribution in [0.2, 0.25) is 0 Å². The van der Waals surface area contributed by atoms with Gasteiger partial charge in [-0.05, 0) is 18.9 Å². The van der Waals surface area contributed by atoms with Crippen LogP contribution in [0.4, 0.5) is 0 Å². The third-order valence-corrected chi connectivity index (χ3v) is 2.34. The highest BCUT2D eigenvalue weighted by molar-refractivity contribution is 5.67. The van der Waals surface area contributed by atoms with E-state index >= 15 is 0 Å². The van der Waals surface area contributed by atoms with Gasteiger partial charge in [-0.1, -0.05) is 19.8 Å². The standard InChI is InChI=1S/C12H23NO3/c1-4-5-6-7-8-11(14)9-13(2,3)10-12(15)16/h8H,4-7,9-10H2,1-3H3,(H-,14,15,16)/p+1/b11-8-. The SMILES string of the molecule is CCCCC/C=C(\O)C[N+](C)(C)CC(=O)O. The number of rotatable bonds is 8. The molecule has 0 aliphatic rings. The van der Waals surface area contributed by atoms with Crippen molar-refractivity contribution in [2.75, 3.05) is 27.2 Å². The van der Waals surface area contributed by atoms with Crippen LogP contribution in [-0.4, -0.2) is 47.9 Å². The van der Waals surface area contributed by atoms with Crippen LogP contribution in [0, 0.1) is 0 Å². The summed E-state index contributed by atoms with van der Waals surface area (Å²) in [5.41, 5.74) is 0. The van der Waals surface area contributed by atoms with Gasteiger partial charge in [-0.15, -0.1) is 0 Å². The van der Waals surface area contributed by atoms with E-state index in [1.165, 1.54) is 0 Å². The predicted molar refractivity (Wildman–Crippen MR) is 64.3 cm³/mol. The first-order chi connectivity index (χ1) is 7.37. The summed E-state index contributed by atoms with van der Waals surface area (Å²) in [5, 5.41) is 18.3. The number of aliphatic hydroxyl groups is 1. The molecule has 0 atom stereocenters. The summed E-state index contributed by atoms with van der Waals surface area (Å²) in [6.45, 7) is 2.53. The molecule has 0 aromatic carbocycles.